The molecular weight excluding hydrogens is 645 g/mol. The van der Waals surface area contributed by atoms with Crippen molar-refractivity contribution >= 4 is 65.6 Å². The zero-order valence-corrected chi connectivity index (χ0v) is 29.2. The van der Waals surface area contributed by atoms with Gasteiger partial charge >= 0.3 is 0 Å². The molecule has 11 rings (SSSR count). The van der Waals surface area contributed by atoms with Crippen LogP contribution in [0.4, 0.5) is 0 Å². The van der Waals surface area contributed by atoms with E-state index in [0.29, 0.717) is 0 Å². The third-order valence-corrected chi connectivity index (χ3v) is 12.5. The Morgan fingerprint density at radius 1 is 0.269 bits per heavy atom. The summed E-state index contributed by atoms with van der Waals surface area (Å²) in [5, 5.41) is 13.2. The molecule has 242 valence electrons. The van der Waals surface area contributed by atoms with Gasteiger partial charge in [-0.3, -0.25) is 0 Å². The normalized spacial score (nSPS) is 12.8. The lowest BCUT2D eigenvalue weighted by molar-refractivity contribution is 0.938. The molecule has 0 N–H and O–H groups in total. The smallest absolute Gasteiger partial charge is 0.0375 e. The van der Waals surface area contributed by atoms with Crippen LogP contribution in [0.15, 0.2) is 198 Å². The van der Waals surface area contributed by atoms with Crippen LogP contribution in [0, 0.1) is 0 Å². The average Bonchev–Trinajstić information content (AvgIpc) is 3.23. The Hall–Kier alpha value is -6.15. The van der Waals surface area contributed by atoms with Crippen molar-refractivity contribution < 1.29 is 0 Å². The molecule has 0 saturated heterocycles. The monoisotopic (exact) mass is 676 g/mol. The minimum atomic E-state index is 0.0570. The van der Waals surface area contributed by atoms with Crippen molar-refractivity contribution in [2.24, 2.45) is 0 Å². The van der Waals surface area contributed by atoms with E-state index in [0.717, 1.165) is 0 Å². The topological polar surface area (TPSA) is 0 Å². The molecule has 1 heteroatoms. The molecule has 0 amide bonds. The average molecular weight is 677 g/mol. The van der Waals surface area contributed by atoms with Gasteiger partial charge in [-0.25, -0.2) is 0 Å². The van der Waals surface area contributed by atoms with Crippen molar-refractivity contribution in [2.75, 3.05) is 0 Å². The van der Waals surface area contributed by atoms with Crippen molar-refractivity contribution in [1.29, 1.82) is 0 Å². The van der Waals surface area contributed by atoms with Crippen LogP contribution in [0.2, 0.25) is 0 Å². The molecular formula is C51H32S. The van der Waals surface area contributed by atoms with E-state index in [1.807, 2.05) is 11.8 Å². The Morgan fingerprint density at radius 3 is 1.08 bits per heavy atom. The fourth-order valence-corrected chi connectivity index (χ4v) is 10.4. The standard InChI is InChI=1S/C51H32S/c1-2-14-32(15-3-1)35-30-31-36(38-17-5-4-16-37(35)38)33-26-28-34(29-27-33)47-48-43-22-10-6-18-39(43)41-20-8-12-24-45(41)50(48)52-51-46-25-13-9-21-42(46)40-19-7-11-23-44(40)49(47)51/h1-31,47H. The maximum absolute atomic E-state index is 2.40. The van der Waals surface area contributed by atoms with Gasteiger partial charge in [0, 0.05) is 15.7 Å². The quantitative estimate of drug-likeness (QED) is 0.168. The van der Waals surface area contributed by atoms with Crippen LogP contribution >= 0.6 is 11.8 Å². The molecule has 0 aromatic heterocycles. The third-order valence-electron chi connectivity index (χ3n) is 11.2. The fraction of sp³-hybridized carbons (Fsp3) is 0.0196. The van der Waals surface area contributed by atoms with E-state index in [2.05, 4.69) is 188 Å². The van der Waals surface area contributed by atoms with Crippen molar-refractivity contribution in [3.8, 4) is 22.3 Å². The zero-order valence-electron chi connectivity index (χ0n) is 28.4. The van der Waals surface area contributed by atoms with Gasteiger partial charge in [0.25, 0.3) is 0 Å². The van der Waals surface area contributed by atoms with Gasteiger partial charge in [0.15, 0.2) is 0 Å². The maximum Gasteiger partial charge on any atom is 0.0375 e. The van der Waals surface area contributed by atoms with Crippen LogP contribution in [0.3, 0.4) is 0 Å². The summed E-state index contributed by atoms with van der Waals surface area (Å²) in [6.45, 7) is 0. The van der Waals surface area contributed by atoms with Gasteiger partial charge < -0.3 is 0 Å². The molecule has 10 aromatic carbocycles. The maximum atomic E-state index is 2.40. The Morgan fingerprint density at radius 2 is 0.615 bits per heavy atom. The predicted octanol–water partition coefficient (Wildman–Crippen LogP) is 14.4. The Bertz CT molecular complexity index is 2900. The first-order valence-electron chi connectivity index (χ1n) is 18.1. The van der Waals surface area contributed by atoms with Crippen molar-refractivity contribution in [2.45, 2.75) is 15.7 Å². The van der Waals surface area contributed by atoms with Gasteiger partial charge in [-0.2, -0.15) is 0 Å². The molecule has 0 atom stereocenters. The first-order valence-corrected chi connectivity index (χ1v) is 18.9. The van der Waals surface area contributed by atoms with Gasteiger partial charge in [-0.15, -0.1) is 0 Å². The molecule has 1 aliphatic rings. The second-order valence-corrected chi connectivity index (χ2v) is 14.9. The van der Waals surface area contributed by atoms with Crippen LogP contribution in [0.25, 0.3) is 76.1 Å². The zero-order chi connectivity index (χ0) is 34.2. The molecule has 0 fully saturated rings. The van der Waals surface area contributed by atoms with Crippen molar-refractivity contribution in [3.63, 3.8) is 0 Å². The Balaban J connectivity index is 1.18. The highest BCUT2D eigenvalue weighted by Crippen LogP contribution is 2.57. The molecule has 1 heterocycles. The lowest BCUT2D eigenvalue weighted by Gasteiger charge is -2.33. The van der Waals surface area contributed by atoms with Crippen molar-refractivity contribution in [3.05, 3.63) is 205 Å². The minimum absolute atomic E-state index is 0.0570. The molecule has 0 saturated carbocycles. The van der Waals surface area contributed by atoms with Crippen LogP contribution in [-0.4, -0.2) is 0 Å². The first kappa shape index (κ1) is 29.6. The molecule has 0 bridgehead atoms. The summed E-state index contributed by atoms with van der Waals surface area (Å²) in [7, 11) is 0. The molecule has 0 aliphatic carbocycles. The number of hydrogen-bond acceptors (Lipinski definition) is 1. The molecule has 52 heavy (non-hydrogen) atoms. The summed E-state index contributed by atoms with van der Waals surface area (Å²) < 4.78 is 0. The lowest BCUT2D eigenvalue weighted by Crippen LogP contribution is -2.12. The van der Waals surface area contributed by atoms with E-state index in [4.69, 9.17) is 0 Å². The summed E-state index contributed by atoms with van der Waals surface area (Å²) in [5.74, 6) is 0.0570. The highest BCUT2D eigenvalue weighted by atomic mass is 32.2. The van der Waals surface area contributed by atoms with E-state index in [-0.39, 0.29) is 5.92 Å². The summed E-state index contributed by atoms with van der Waals surface area (Å²) in [6, 6.07) is 69.8. The van der Waals surface area contributed by atoms with Crippen LogP contribution in [0.1, 0.15) is 22.6 Å². The minimum Gasteiger partial charge on any atom is -0.0881 e. The van der Waals surface area contributed by atoms with Gasteiger partial charge in [0.1, 0.15) is 0 Å². The van der Waals surface area contributed by atoms with E-state index in [1.54, 1.807) is 0 Å². The number of benzene rings is 10. The molecule has 0 radical (unpaired) electrons. The third kappa shape index (κ3) is 4.36. The molecule has 0 unspecified atom stereocenters. The molecule has 0 spiro atoms. The first-order chi connectivity index (χ1) is 25.8. The number of fused-ring (bicyclic) bond motifs is 13. The van der Waals surface area contributed by atoms with E-state index >= 15 is 0 Å². The molecule has 1 aliphatic heterocycles. The van der Waals surface area contributed by atoms with Gasteiger partial charge in [-0.05, 0) is 92.8 Å². The van der Waals surface area contributed by atoms with E-state index in [1.165, 1.54) is 103 Å². The second-order valence-electron chi connectivity index (χ2n) is 13.9. The second kappa shape index (κ2) is 11.7. The highest BCUT2D eigenvalue weighted by molar-refractivity contribution is 8.00. The van der Waals surface area contributed by atoms with Gasteiger partial charge in [0.05, 0.1) is 0 Å². The van der Waals surface area contributed by atoms with Gasteiger partial charge in [-0.1, -0.05) is 200 Å². The molecule has 0 nitrogen and oxygen atoms in total. The summed E-state index contributed by atoms with van der Waals surface area (Å²) in [4.78, 5) is 2.75. The molecule has 10 aromatic rings. The predicted molar refractivity (Wildman–Crippen MR) is 223 cm³/mol. The SMILES string of the molecule is c1ccc(-c2ccc(-c3ccc(C4c5c(c6ccccc6c6ccccc56)Sc5c4c4ccccc4c4ccccc54)cc3)c3ccccc23)cc1. The summed E-state index contributed by atoms with van der Waals surface area (Å²) in [6.07, 6.45) is 0. The lowest BCUT2D eigenvalue weighted by atomic mass is 9.78. The van der Waals surface area contributed by atoms with E-state index < -0.39 is 0 Å². The van der Waals surface area contributed by atoms with E-state index in [9.17, 15) is 0 Å². The summed E-state index contributed by atoms with van der Waals surface area (Å²) >= 11 is 1.97. The number of rotatable bonds is 3. The highest BCUT2D eigenvalue weighted by Gasteiger charge is 2.34. The Kier molecular flexibility index (Phi) is 6.65. The van der Waals surface area contributed by atoms with Crippen molar-refractivity contribution in [1.82, 2.24) is 0 Å². The van der Waals surface area contributed by atoms with Gasteiger partial charge in [0.2, 0.25) is 0 Å². The fourth-order valence-electron chi connectivity index (χ4n) is 8.92. The summed E-state index contributed by atoms with van der Waals surface area (Å²) in [5.41, 5.74) is 9.15. The largest absolute Gasteiger partial charge is 0.0881 e. The number of hydrogen-bond donors (Lipinski definition) is 0. The Labute approximate surface area is 307 Å². The van der Waals surface area contributed by atoms with Crippen LogP contribution in [0.5, 0.6) is 0 Å². The van der Waals surface area contributed by atoms with Crippen LogP contribution in [-0.2, 0) is 0 Å². The van der Waals surface area contributed by atoms with Crippen LogP contribution < -0.4 is 0 Å².